The van der Waals surface area contributed by atoms with E-state index in [9.17, 15) is 9.90 Å². The van der Waals surface area contributed by atoms with E-state index in [2.05, 4.69) is 14.9 Å². The second kappa shape index (κ2) is 4.86. The highest BCUT2D eigenvalue weighted by atomic mass is 16.6. The Morgan fingerprint density at radius 3 is 2.70 bits per heavy atom. The van der Waals surface area contributed by atoms with Crippen LogP contribution in [0.1, 0.15) is 42.5 Å². The average Bonchev–Trinajstić information content (AvgIpc) is 2.93. The Kier molecular flexibility index (Phi) is 3.17. The molecular formula is C14H17N3O3. The van der Waals surface area contributed by atoms with Gasteiger partial charge in [0.1, 0.15) is 16.8 Å². The van der Waals surface area contributed by atoms with Crippen molar-refractivity contribution in [3.8, 4) is 0 Å². The number of carbonyl (C=O) groups is 1. The zero-order valence-electron chi connectivity index (χ0n) is 11.4. The third kappa shape index (κ3) is 2.16. The van der Waals surface area contributed by atoms with Gasteiger partial charge in [-0.05, 0) is 54.2 Å². The maximum Gasteiger partial charge on any atom is 0.255 e. The van der Waals surface area contributed by atoms with Crippen molar-refractivity contribution in [3.63, 3.8) is 0 Å². The van der Waals surface area contributed by atoms with E-state index in [1.54, 1.807) is 25.2 Å². The molecule has 0 atom stereocenters. The van der Waals surface area contributed by atoms with Gasteiger partial charge in [0.25, 0.3) is 5.91 Å². The van der Waals surface area contributed by atoms with Crippen LogP contribution in [0.15, 0.2) is 22.8 Å². The monoisotopic (exact) mass is 275 g/mol. The molecule has 3 rings (SSSR count). The second-order valence-electron chi connectivity index (χ2n) is 5.38. The normalized spacial score (nSPS) is 18.1. The standard InChI is InChI=1S/C14H17N3O3/c1-17(14(19)7-3-2-4-8-14)13(18)10-5-6-11-12(9-10)16-20-15-11/h5-6,9,19H,2-4,7-8H2,1H3. The summed E-state index contributed by atoms with van der Waals surface area (Å²) in [5.74, 6) is -0.209. The van der Waals surface area contributed by atoms with E-state index >= 15 is 0 Å². The molecule has 6 heteroatoms. The van der Waals surface area contributed by atoms with Crippen molar-refractivity contribution >= 4 is 16.9 Å². The summed E-state index contributed by atoms with van der Waals surface area (Å²) >= 11 is 0. The molecule has 0 unspecified atom stereocenters. The highest BCUT2D eigenvalue weighted by Gasteiger charge is 2.36. The average molecular weight is 275 g/mol. The van der Waals surface area contributed by atoms with Crippen LogP contribution in [-0.2, 0) is 0 Å². The highest BCUT2D eigenvalue weighted by molar-refractivity contribution is 5.97. The lowest BCUT2D eigenvalue weighted by molar-refractivity contribution is -0.0996. The Balaban J connectivity index is 1.86. The molecule has 106 valence electrons. The van der Waals surface area contributed by atoms with Crippen molar-refractivity contribution in [2.75, 3.05) is 7.05 Å². The van der Waals surface area contributed by atoms with E-state index < -0.39 is 5.72 Å². The van der Waals surface area contributed by atoms with Gasteiger partial charge in [-0.3, -0.25) is 4.79 Å². The van der Waals surface area contributed by atoms with Gasteiger partial charge in [-0.15, -0.1) is 0 Å². The van der Waals surface area contributed by atoms with Crippen molar-refractivity contribution in [1.82, 2.24) is 15.2 Å². The lowest BCUT2D eigenvalue weighted by Crippen LogP contribution is -2.50. The van der Waals surface area contributed by atoms with Gasteiger partial charge in [0, 0.05) is 12.6 Å². The SMILES string of the molecule is CN(C(=O)c1ccc2nonc2c1)C1(O)CCCCC1. The third-order valence-electron chi connectivity index (χ3n) is 4.08. The summed E-state index contributed by atoms with van der Waals surface area (Å²) in [6.07, 6.45) is 4.26. The molecule has 1 amide bonds. The molecule has 1 fully saturated rings. The molecule has 1 aliphatic carbocycles. The Morgan fingerprint density at radius 1 is 1.25 bits per heavy atom. The Labute approximate surface area is 116 Å². The number of amides is 1. The van der Waals surface area contributed by atoms with Crippen LogP contribution in [0.4, 0.5) is 0 Å². The molecule has 20 heavy (non-hydrogen) atoms. The van der Waals surface area contributed by atoms with E-state index in [0.717, 1.165) is 19.3 Å². The zero-order chi connectivity index (χ0) is 14.2. The largest absolute Gasteiger partial charge is 0.371 e. The predicted octanol–water partition coefficient (Wildman–Crippen LogP) is 1.95. The van der Waals surface area contributed by atoms with Crippen LogP contribution in [0.2, 0.25) is 0 Å². The quantitative estimate of drug-likeness (QED) is 0.847. The molecule has 0 spiro atoms. The number of fused-ring (bicyclic) bond motifs is 1. The van der Waals surface area contributed by atoms with Gasteiger partial charge >= 0.3 is 0 Å². The smallest absolute Gasteiger partial charge is 0.255 e. The van der Waals surface area contributed by atoms with Crippen molar-refractivity contribution < 1.29 is 14.5 Å². The second-order valence-corrected chi connectivity index (χ2v) is 5.38. The van der Waals surface area contributed by atoms with Crippen LogP contribution in [0.3, 0.4) is 0 Å². The van der Waals surface area contributed by atoms with Crippen molar-refractivity contribution in [2.45, 2.75) is 37.8 Å². The molecule has 2 aromatic rings. The minimum atomic E-state index is -1.04. The topological polar surface area (TPSA) is 79.5 Å². The van der Waals surface area contributed by atoms with Crippen LogP contribution in [-0.4, -0.2) is 39.0 Å². The Morgan fingerprint density at radius 2 is 1.95 bits per heavy atom. The molecular weight excluding hydrogens is 258 g/mol. The molecule has 1 aromatic heterocycles. The van der Waals surface area contributed by atoms with Gasteiger partial charge in [-0.1, -0.05) is 6.42 Å². The van der Waals surface area contributed by atoms with E-state index in [1.165, 1.54) is 4.90 Å². The lowest BCUT2D eigenvalue weighted by Gasteiger charge is -2.40. The number of benzene rings is 1. The molecule has 1 saturated carbocycles. The summed E-state index contributed by atoms with van der Waals surface area (Å²) in [6, 6.07) is 5.01. The van der Waals surface area contributed by atoms with Crippen LogP contribution in [0.25, 0.3) is 11.0 Å². The fraction of sp³-hybridized carbons (Fsp3) is 0.500. The maximum atomic E-state index is 12.5. The Hall–Kier alpha value is -1.95. The molecule has 0 radical (unpaired) electrons. The number of nitrogens with zero attached hydrogens (tertiary/aromatic N) is 3. The minimum absolute atomic E-state index is 0.209. The number of hydrogen-bond acceptors (Lipinski definition) is 5. The van der Waals surface area contributed by atoms with Gasteiger partial charge < -0.3 is 10.0 Å². The first-order valence-corrected chi connectivity index (χ1v) is 6.83. The maximum absolute atomic E-state index is 12.5. The van der Waals surface area contributed by atoms with Crippen LogP contribution in [0.5, 0.6) is 0 Å². The number of rotatable bonds is 2. The van der Waals surface area contributed by atoms with Gasteiger partial charge in [0.05, 0.1) is 0 Å². The summed E-state index contributed by atoms with van der Waals surface area (Å²) < 4.78 is 4.62. The van der Waals surface area contributed by atoms with E-state index in [0.29, 0.717) is 29.4 Å². The molecule has 6 nitrogen and oxygen atoms in total. The first kappa shape index (κ1) is 13.1. The molecule has 0 bridgehead atoms. The molecule has 1 aliphatic rings. The third-order valence-corrected chi connectivity index (χ3v) is 4.08. The first-order chi connectivity index (χ1) is 9.60. The van der Waals surface area contributed by atoms with Crippen LogP contribution >= 0.6 is 0 Å². The predicted molar refractivity (Wildman–Crippen MR) is 71.9 cm³/mol. The molecule has 1 aromatic carbocycles. The van der Waals surface area contributed by atoms with Crippen molar-refractivity contribution in [1.29, 1.82) is 0 Å². The van der Waals surface area contributed by atoms with Gasteiger partial charge in [0.2, 0.25) is 0 Å². The van der Waals surface area contributed by atoms with Crippen molar-refractivity contribution in [3.05, 3.63) is 23.8 Å². The van der Waals surface area contributed by atoms with E-state index in [-0.39, 0.29) is 5.91 Å². The van der Waals surface area contributed by atoms with Gasteiger partial charge in [0.15, 0.2) is 0 Å². The first-order valence-electron chi connectivity index (χ1n) is 6.83. The summed E-state index contributed by atoms with van der Waals surface area (Å²) in [5, 5.41) is 18.0. The number of aromatic nitrogens is 2. The molecule has 0 saturated heterocycles. The fourth-order valence-corrected chi connectivity index (χ4v) is 2.75. The van der Waals surface area contributed by atoms with Crippen LogP contribution < -0.4 is 0 Å². The molecule has 0 aliphatic heterocycles. The van der Waals surface area contributed by atoms with E-state index in [1.807, 2.05) is 0 Å². The number of hydrogen-bond donors (Lipinski definition) is 1. The summed E-state index contributed by atoms with van der Waals surface area (Å²) in [4.78, 5) is 13.9. The van der Waals surface area contributed by atoms with Crippen molar-refractivity contribution in [2.24, 2.45) is 0 Å². The lowest BCUT2D eigenvalue weighted by atomic mass is 9.90. The fourth-order valence-electron chi connectivity index (χ4n) is 2.75. The summed E-state index contributed by atoms with van der Waals surface area (Å²) in [7, 11) is 1.65. The summed E-state index contributed by atoms with van der Waals surface area (Å²) in [6.45, 7) is 0. The van der Waals surface area contributed by atoms with E-state index in [4.69, 9.17) is 0 Å². The molecule has 1 heterocycles. The number of aliphatic hydroxyl groups is 1. The van der Waals surface area contributed by atoms with Crippen LogP contribution in [0, 0.1) is 0 Å². The highest BCUT2D eigenvalue weighted by Crippen LogP contribution is 2.31. The minimum Gasteiger partial charge on any atom is -0.371 e. The zero-order valence-corrected chi connectivity index (χ0v) is 11.4. The number of carbonyl (C=O) groups excluding carboxylic acids is 1. The summed E-state index contributed by atoms with van der Waals surface area (Å²) in [5.41, 5.74) is 0.599. The molecule has 1 N–H and O–H groups in total. The Bertz CT molecular complexity index is 631. The van der Waals surface area contributed by atoms with Gasteiger partial charge in [-0.2, -0.15) is 0 Å². The van der Waals surface area contributed by atoms with Gasteiger partial charge in [-0.25, -0.2) is 4.63 Å².